The third kappa shape index (κ3) is 2.66. The minimum atomic E-state index is -2.90. The maximum absolute atomic E-state index is 12.5. The van der Waals surface area contributed by atoms with Gasteiger partial charge >= 0.3 is 5.97 Å². The highest BCUT2D eigenvalue weighted by molar-refractivity contribution is 9.08. The highest BCUT2D eigenvalue weighted by Crippen LogP contribution is 2.19. The molecule has 7 heteroatoms. The lowest BCUT2D eigenvalue weighted by atomic mass is 10.1. The fourth-order valence-corrected chi connectivity index (χ4v) is 1.67. The zero-order valence-corrected chi connectivity index (χ0v) is 9.55. The number of pyridine rings is 1. The summed E-state index contributed by atoms with van der Waals surface area (Å²) in [6.45, 7) is 0. The average Bonchev–Trinajstić information content (AvgIpc) is 2.19. The normalized spacial score (nSPS) is 10.8. The van der Waals surface area contributed by atoms with Gasteiger partial charge in [-0.1, -0.05) is 15.9 Å². The molecule has 0 saturated carbocycles. The smallest absolute Gasteiger partial charge is 0.308 e. The second kappa shape index (κ2) is 5.20. The molecule has 4 nitrogen and oxygen atoms in total. The van der Waals surface area contributed by atoms with Crippen LogP contribution in [0.2, 0.25) is 0 Å². The van der Waals surface area contributed by atoms with Crippen molar-refractivity contribution in [2.45, 2.75) is 18.2 Å². The topological polar surface area (TPSA) is 70.2 Å². The van der Waals surface area contributed by atoms with Crippen LogP contribution >= 0.6 is 15.9 Å². The Bertz CT molecular complexity index is 459. The maximum Gasteiger partial charge on any atom is 0.308 e. The third-order valence-electron chi connectivity index (χ3n) is 1.98. The first kappa shape index (κ1) is 12.8. The summed E-state index contributed by atoms with van der Waals surface area (Å²) >= 11 is 3.02. The molecule has 0 atom stereocenters. The molecule has 0 radical (unpaired) electrons. The molecule has 0 amide bonds. The zero-order valence-electron chi connectivity index (χ0n) is 7.97. The van der Waals surface area contributed by atoms with Gasteiger partial charge in [-0.2, -0.15) is 0 Å². The van der Waals surface area contributed by atoms with E-state index in [1.54, 1.807) is 0 Å². The van der Waals surface area contributed by atoms with E-state index in [2.05, 4.69) is 20.9 Å². The number of H-pyrrole nitrogens is 1. The van der Waals surface area contributed by atoms with Crippen molar-refractivity contribution in [3.05, 3.63) is 33.2 Å². The lowest BCUT2D eigenvalue weighted by Crippen LogP contribution is -2.21. The summed E-state index contributed by atoms with van der Waals surface area (Å²) in [6.07, 6.45) is -2.45. The van der Waals surface area contributed by atoms with E-state index in [0.29, 0.717) is 0 Å². The second-order valence-corrected chi connectivity index (χ2v) is 3.60. The summed E-state index contributed by atoms with van der Waals surface area (Å²) in [5, 5.41) is 8.73. The van der Waals surface area contributed by atoms with Crippen molar-refractivity contribution < 1.29 is 18.7 Å². The summed E-state index contributed by atoms with van der Waals surface area (Å²) in [7, 11) is 0. The summed E-state index contributed by atoms with van der Waals surface area (Å²) in [5.74, 6) is -1.32. The number of aromatic amines is 1. The largest absolute Gasteiger partial charge is 0.481 e. The van der Waals surface area contributed by atoms with Crippen LogP contribution in [0.15, 0.2) is 11.0 Å². The fraction of sp³-hybridized carbons (Fsp3) is 0.333. The number of aromatic nitrogens is 1. The monoisotopic (exact) mass is 295 g/mol. The van der Waals surface area contributed by atoms with Crippen LogP contribution in [0.3, 0.4) is 0 Å². The second-order valence-electron chi connectivity index (χ2n) is 3.04. The lowest BCUT2D eigenvalue weighted by Gasteiger charge is -2.07. The average molecular weight is 296 g/mol. The van der Waals surface area contributed by atoms with Gasteiger partial charge in [0.15, 0.2) is 5.43 Å². The molecule has 0 spiro atoms. The van der Waals surface area contributed by atoms with Crippen LogP contribution in [0.1, 0.15) is 23.2 Å². The number of carbonyl (C=O) groups is 1. The molecular formula is C9H8BrF2NO3. The van der Waals surface area contributed by atoms with Crippen molar-refractivity contribution in [1.82, 2.24) is 4.98 Å². The lowest BCUT2D eigenvalue weighted by molar-refractivity contribution is -0.136. The van der Waals surface area contributed by atoms with Gasteiger partial charge in [0.1, 0.15) is 0 Å². The number of carboxylic acids is 1. The number of halogens is 3. The van der Waals surface area contributed by atoms with Crippen LogP contribution in [0.25, 0.3) is 0 Å². The Morgan fingerprint density at radius 3 is 2.62 bits per heavy atom. The predicted molar refractivity (Wildman–Crippen MR) is 56.0 cm³/mol. The summed E-state index contributed by atoms with van der Waals surface area (Å²) in [6, 6.07) is 0. The van der Waals surface area contributed by atoms with Crippen molar-refractivity contribution in [2.24, 2.45) is 0 Å². The van der Waals surface area contributed by atoms with E-state index in [-0.39, 0.29) is 16.5 Å². The molecule has 16 heavy (non-hydrogen) atoms. The Balaban J connectivity index is 3.36. The standard InChI is InChI=1S/C9H8BrF2NO3/c10-2-4-3-13-7(9(11)12)5(8(4)16)1-6(14)15/h3,9H,1-2H2,(H,13,16)(H,14,15). The minimum Gasteiger partial charge on any atom is -0.481 e. The Labute approximate surface area is 97.4 Å². The first-order valence-corrected chi connectivity index (χ1v) is 5.38. The highest BCUT2D eigenvalue weighted by atomic mass is 79.9. The van der Waals surface area contributed by atoms with E-state index in [0.717, 1.165) is 6.20 Å². The summed E-state index contributed by atoms with van der Waals surface area (Å²) in [5.41, 5.74) is -1.45. The van der Waals surface area contributed by atoms with Gasteiger partial charge in [0.2, 0.25) is 0 Å². The van der Waals surface area contributed by atoms with Crippen molar-refractivity contribution in [2.75, 3.05) is 0 Å². The van der Waals surface area contributed by atoms with E-state index < -0.39 is 29.9 Å². The molecule has 0 bridgehead atoms. The molecule has 88 valence electrons. The quantitative estimate of drug-likeness (QED) is 0.833. The number of hydrogen-bond acceptors (Lipinski definition) is 2. The Morgan fingerprint density at radius 2 is 2.19 bits per heavy atom. The molecule has 0 aromatic carbocycles. The molecule has 0 aliphatic carbocycles. The number of rotatable bonds is 4. The minimum absolute atomic E-state index is 0.179. The summed E-state index contributed by atoms with van der Waals surface area (Å²) < 4.78 is 25.0. The van der Waals surface area contributed by atoms with E-state index in [9.17, 15) is 18.4 Å². The molecule has 1 aromatic rings. The molecule has 0 aliphatic heterocycles. The molecule has 1 rings (SSSR count). The Kier molecular flexibility index (Phi) is 4.17. The van der Waals surface area contributed by atoms with E-state index >= 15 is 0 Å². The van der Waals surface area contributed by atoms with Crippen molar-refractivity contribution in [1.29, 1.82) is 0 Å². The van der Waals surface area contributed by atoms with Gasteiger partial charge in [-0.05, 0) is 0 Å². The number of aliphatic carboxylic acids is 1. The van der Waals surface area contributed by atoms with Crippen molar-refractivity contribution in [3.63, 3.8) is 0 Å². The van der Waals surface area contributed by atoms with Crippen LogP contribution in [-0.2, 0) is 16.5 Å². The van der Waals surface area contributed by atoms with Crippen LogP contribution in [0, 0.1) is 0 Å². The Morgan fingerprint density at radius 1 is 1.56 bits per heavy atom. The summed E-state index contributed by atoms with van der Waals surface area (Å²) in [4.78, 5) is 24.4. The van der Waals surface area contributed by atoms with E-state index in [1.165, 1.54) is 0 Å². The molecule has 2 N–H and O–H groups in total. The van der Waals surface area contributed by atoms with Crippen LogP contribution in [0.4, 0.5) is 8.78 Å². The van der Waals surface area contributed by atoms with Crippen LogP contribution in [0.5, 0.6) is 0 Å². The number of alkyl halides is 3. The van der Waals surface area contributed by atoms with E-state index in [4.69, 9.17) is 5.11 Å². The SMILES string of the molecule is O=C(O)Cc1c(C(F)F)[nH]cc(CBr)c1=O. The molecular weight excluding hydrogens is 288 g/mol. The molecule has 0 aliphatic rings. The van der Waals surface area contributed by atoms with Crippen LogP contribution in [-0.4, -0.2) is 16.1 Å². The molecule has 0 unspecified atom stereocenters. The number of hydrogen-bond donors (Lipinski definition) is 2. The fourth-order valence-electron chi connectivity index (χ4n) is 1.25. The number of carboxylic acid groups (broad SMARTS) is 1. The first-order valence-electron chi connectivity index (χ1n) is 4.26. The van der Waals surface area contributed by atoms with Crippen LogP contribution < -0.4 is 5.43 Å². The van der Waals surface area contributed by atoms with Gasteiger partial charge in [0.05, 0.1) is 12.1 Å². The van der Waals surface area contributed by atoms with Crippen molar-refractivity contribution >= 4 is 21.9 Å². The predicted octanol–water partition coefficient (Wildman–Crippen LogP) is 1.83. The van der Waals surface area contributed by atoms with Gasteiger partial charge in [-0.3, -0.25) is 9.59 Å². The Hall–Kier alpha value is -1.24. The first-order chi connectivity index (χ1) is 7.47. The third-order valence-corrected chi connectivity index (χ3v) is 2.59. The molecule has 0 saturated heterocycles. The van der Waals surface area contributed by atoms with Gasteiger partial charge in [0.25, 0.3) is 6.43 Å². The number of nitrogens with one attached hydrogen (secondary N) is 1. The van der Waals surface area contributed by atoms with Gasteiger partial charge in [0, 0.05) is 22.7 Å². The van der Waals surface area contributed by atoms with E-state index in [1.807, 2.05) is 0 Å². The molecule has 0 fully saturated rings. The maximum atomic E-state index is 12.5. The van der Waals surface area contributed by atoms with Gasteiger partial charge in [-0.15, -0.1) is 0 Å². The molecule has 1 aromatic heterocycles. The van der Waals surface area contributed by atoms with Gasteiger partial charge in [-0.25, -0.2) is 8.78 Å². The van der Waals surface area contributed by atoms with Gasteiger partial charge < -0.3 is 10.1 Å². The zero-order chi connectivity index (χ0) is 12.3. The van der Waals surface area contributed by atoms with Crippen molar-refractivity contribution in [3.8, 4) is 0 Å². The molecule has 1 heterocycles. The highest BCUT2D eigenvalue weighted by Gasteiger charge is 2.20.